The Balaban J connectivity index is 0.000000230. The molecule has 2 N–H and O–H groups in total. The minimum Gasteiger partial charge on any atom is -0.444 e. The summed E-state index contributed by atoms with van der Waals surface area (Å²) >= 11 is 5.76. The van der Waals surface area contributed by atoms with E-state index in [1.165, 1.54) is 0 Å². The van der Waals surface area contributed by atoms with Crippen molar-refractivity contribution in [3.05, 3.63) is 64.4 Å². The molecule has 1 aromatic carbocycles. The normalized spacial score (nSPS) is 13.6. The highest BCUT2D eigenvalue weighted by atomic mass is 35.5. The number of alkyl carbamates (subject to hydrolysis) is 1. The van der Waals surface area contributed by atoms with Crippen LogP contribution < -0.4 is 10.6 Å². The van der Waals surface area contributed by atoms with Crippen molar-refractivity contribution in [3.8, 4) is 0 Å². The van der Waals surface area contributed by atoms with Crippen LogP contribution in [0.4, 0.5) is 4.79 Å². The summed E-state index contributed by atoms with van der Waals surface area (Å²) in [5, 5.41) is 5.53. The molecule has 1 unspecified atom stereocenters. The molecule has 29 heavy (non-hydrogen) atoms. The van der Waals surface area contributed by atoms with Crippen LogP contribution in [0, 0.1) is 0 Å². The number of amides is 3. The fourth-order valence-electron chi connectivity index (χ4n) is 2.45. The number of aromatic nitrogens is 1. The van der Waals surface area contributed by atoms with Crippen LogP contribution in [-0.2, 0) is 4.74 Å². The first-order chi connectivity index (χ1) is 13.6. The minimum atomic E-state index is -0.480. The number of halogens is 1. The molecule has 0 aliphatic carbocycles. The smallest absolute Gasteiger partial charge is 0.407 e. The molecule has 1 aromatic heterocycles. The van der Waals surface area contributed by atoms with Crippen molar-refractivity contribution in [2.75, 3.05) is 6.54 Å². The quantitative estimate of drug-likeness (QED) is 0.737. The lowest BCUT2D eigenvalue weighted by molar-refractivity contribution is 0.0524. The van der Waals surface area contributed by atoms with Gasteiger partial charge in [-0.1, -0.05) is 30.7 Å². The molecule has 154 valence electrons. The lowest BCUT2D eigenvalue weighted by Crippen LogP contribution is -2.34. The monoisotopic (exact) mass is 417 g/mol. The zero-order valence-corrected chi connectivity index (χ0v) is 17.5. The third-order valence-electron chi connectivity index (χ3n) is 3.85. The number of carbonyl (C=O) groups excluding carboxylic acids is 3. The molecule has 0 radical (unpaired) electrons. The van der Waals surface area contributed by atoms with Gasteiger partial charge in [-0.15, -0.1) is 0 Å². The molecule has 0 saturated heterocycles. The molecule has 2 heterocycles. The number of nitrogens with zero attached hydrogens (tertiary/aromatic N) is 1. The van der Waals surface area contributed by atoms with Crippen molar-refractivity contribution in [1.82, 2.24) is 15.6 Å². The summed E-state index contributed by atoms with van der Waals surface area (Å²) in [6, 6.07) is 10.4. The number of imide groups is 1. The number of hydrogen-bond acceptors (Lipinski definition) is 5. The van der Waals surface area contributed by atoms with Crippen LogP contribution in [-0.4, -0.2) is 35.0 Å². The average molecular weight is 418 g/mol. The van der Waals surface area contributed by atoms with Crippen LogP contribution in [0.25, 0.3) is 0 Å². The van der Waals surface area contributed by atoms with Gasteiger partial charge < -0.3 is 10.1 Å². The van der Waals surface area contributed by atoms with Gasteiger partial charge in [0.1, 0.15) is 5.60 Å². The van der Waals surface area contributed by atoms with Crippen LogP contribution in [0.3, 0.4) is 0 Å². The van der Waals surface area contributed by atoms with E-state index in [0.29, 0.717) is 22.7 Å². The molecule has 8 heteroatoms. The van der Waals surface area contributed by atoms with E-state index in [1.54, 1.807) is 36.5 Å². The van der Waals surface area contributed by atoms with Gasteiger partial charge in [0, 0.05) is 24.4 Å². The van der Waals surface area contributed by atoms with Crippen LogP contribution in [0.2, 0.25) is 5.02 Å². The Morgan fingerprint density at radius 2 is 1.72 bits per heavy atom. The Labute approximate surface area is 174 Å². The predicted octanol–water partition coefficient (Wildman–Crippen LogP) is 3.93. The van der Waals surface area contributed by atoms with Crippen molar-refractivity contribution >= 4 is 29.5 Å². The Morgan fingerprint density at radius 1 is 1.14 bits per heavy atom. The molecule has 3 amide bonds. The zero-order valence-electron chi connectivity index (χ0n) is 16.8. The van der Waals surface area contributed by atoms with Crippen LogP contribution in [0.15, 0.2) is 42.6 Å². The molecule has 7 nitrogen and oxygen atoms in total. The summed E-state index contributed by atoms with van der Waals surface area (Å²) in [6.07, 6.45) is 1.18. The molecule has 0 fully saturated rings. The van der Waals surface area contributed by atoms with E-state index < -0.39 is 11.7 Å². The molecule has 0 bridgehead atoms. The zero-order chi connectivity index (χ0) is 21.6. The van der Waals surface area contributed by atoms with Gasteiger partial charge in [-0.2, -0.15) is 0 Å². The molecule has 0 saturated carbocycles. The summed E-state index contributed by atoms with van der Waals surface area (Å²) < 4.78 is 5.15. The Hall–Kier alpha value is -2.93. The molecule has 0 spiro atoms. The number of hydrogen-bond donors (Lipinski definition) is 2. The molecular weight excluding hydrogens is 394 g/mol. The lowest BCUT2D eigenvalue weighted by Gasteiger charge is -2.20. The van der Waals surface area contributed by atoms with Crippen molar-refractivity contribution in [3.63, 3.8) is 0 Å². The summed E-state index contributed by atoms with van der Waals surface area (Å²) in [7, 11) is 0. The summed E-state index contributed by atoms with van der Waals surface area (Å²) in [5.41, 5.74) is 1.34. The SMILES string of the molecule is CC(CNC(=O)OC(C)(C)C)c1ccc(Cl)cn1.O=C1NC(=O)c2ccccc21. The van der Waals surface area contributed by atoms with E-state index in [2.05, 4.69) is 15.6 Å². The maximum absolute atomic E-state index is 11.5. The number of pyridine rings is 1. The number of rotatable bonds is 3. The average Bonchev–Trinajstić information content (AvgIpc) is 2.94. The number of ether oxygens (including phenoxy) is 1. The molecule has 1 aliphatic rings. The first-order valence-corrected chi connectivity index (χ1v) is 9.47. The van der Waals surface area contributed by atoms with Gasteiger partial charge in [-0.05, 0) is 45.0 Å². The second-order valence-electron chi connectivity index (χ2n) is 7.51. The second-order valence-corrected chi connectivity index (χ2v) is 7.95. The molecule has 3 rings (SSSR count). The fraction of sp³-hybridized carbons (Fsp3) is 0.333. The molecule has 1 atom stereocenters. The lowest BCUT2D eigenvalue weighted by atomic mass is 10.1. The van der Waals surface area contributed by atoms with Crippen LogP contribution in [0.5, 0.6) is 0 Å². The van der Waals surface area contributed by atoms with E-state index in [9.17, 15) is 14.4 Å². The van der Waals surface area contributed by atoms with Gasteiger partial charge in [-0.3, -0.25) is 19.9 Å². The standard InChI is InChI=1S/C13H19ClN2O2.C8H5NO2/c1-9(11-6-5-10(14)8-15-11)7-16-12(17)18-13(2,3)4;10-7-5-3-1-2-4-6(5)8(11)9-7/h5-6,8-9H,7H2,1-4H3,(H,16,17);1-4H,(H,9,10,11). The highest BCUT2D eigenvalue weighted by Gasteiger charge is 2.25. The Kier molecular flexibility index (Phi) is 7.34. The second kappa shape index (κ2) is 9.52. The van der Waals surface area contributed by atoms with Crippen molar-refractivity contribution in [1.29, 1.82) is 0 Å². The largest absolute Gasteiger partial charge is 0.444 e. The third-order valence-corrected chi connectivity index (χ3v) is 4.07. The van der Waals surface area contributed by atoms with Crippen molar-refractivity contribution < 1.29 is 19.1 Å². The maximum atomic E-state index is 11.5. The number of benzene rings is 1. The fourth-order valence-corrected chi connectivity index (χ4v) is 2.56. The Morgan fingerprint density at radius 3 is 2.21 bits per heavy atom. The van der Waals surface area contributed by atoms with Crippen LogP contribution in [0.1, 0.15) is 60.0 Å². The van der Waals surface area contributed by atoms with Gasteiger partial charge in [-0.25, -0.2) is 4.79 Å². The van der Waals surface area contributed by atoms with E-state index in [-0.39, 0.29) is 17.7 Å². The molecular formula is C21H24ClN3O4. The highest BCUT2D eigenvalue weighted by Crippen LogP contribution is 2.15. The van der Waals surface area contributed by atoms with Gasteiger partial charge in [0.2, 0.25) is 0 Å². The number of carbonyl (C=O) groups is 3. The van der Waals surface area contributed by atoms with E-state index in [4.69, 9.17) is 16.3 Å². The summed E-state index contributed by atoms with van der Waals surface area (Å²) in [6.45, 7) is 7.95. The maximum Gasteiger partial charge on any atom is 0.407 e. The van der Waals surface area contributed by atoms with Gasteiger partial charge in [0.05, 0.1) is 16.1 Å². The van der Waals surface area contributed by atoms with Gasteiger partial charge in [0.25, 0.3) is 11.8 Å². The van der Waals surface area contributed by atoms with Crippen molar-refractivity contribution in [2.24, 2.45) is 0 Å². The minimum absolute atomic E-state index is 0.106. The van der Waals surface area contributed by atoms with Gasteiger partial charge in [0.15, 0.2) is 0 Å². The van der Waals surface area contributed by atoms with E-state index in [1.807, 2.05) is 33.8 Å². The van der Waals surface area contributed by atoms with Gasteiger partial charge >= 0.3 is 6.09 Å². The topological polar surface area (TPSA) is 97.4 Å². The predicted molar refractivity (Wildman–Crippen MR) is 110 cm³/mol. The van der Waals surface area contributed by atoms with E-state index >= 15 is 0 Å². The molecule has 2 aromatic rings. The number of nitrogens with one attached hydrogen (secondary N) is 2. The Bertz CT molecular complexity index is 859. The van der Waals surface area contributed by atoms with Crippen LogP contribution >= 0.6 is 11.6 Å². The van der Waals surface area contributed by atoms with E-state index in [0.717, 1.165) is 5.69 Å². The first kappa shape index (κ1) is 22.4. The first-order valence-electron chi connectivity index (χ1n) is 9.10. The summed E-state index contributed by atoms with van der Waals surface area (Å²) in [4.78, 5) is 37.6. The summed E-state index contributed by atoms with van der Waals surface area (Å²) in [5.74, 6) is -0.494. The van der Waals surface area contributed by atoms with Crippen molar-refractivity contribution in [2.45, 2.75) is 39.2 Å². The highest BCUT2D eigenvalue weighted by molar-refractivity contribution is 6.30. The number of fused-ring (bicyclic) bond motifs is 1. The molecule has 1 aliphatic heterocycles. The third kappa shape index (κ3) is 6.87.